The van der Waals surface area contributed by atoms with Crippen molar-refractivity contribution in [1.29, 1.82) is 0 Å². The van der Waals surface area contributed by atoms with E-state index in [2.05, 4.69) is 5.32 Å². The van der Waals surface area contributed by atoms with Crippen LogP contribution in [0.1, 0.15) is 12.8 Å². The SMILES string of the molecule is O=C(CCC(F)(F)F)C1CNC1. The number of carbonyl (C=O) groups is 1. The fourth-order valence-corrected chi connectivity index (χ4v) is 0.985. The highest BCUT2D eigenvalue weighted by Gasteiger charge is 2.31. The van der Waals surface area contributed by atoms with Gasteiger partial charge in [0.15, 0.2) is 0 Å². The maximum Gasteiger partial charge on any atom is 0.389 e. The van der Waals surface area contributed by atoms with Crippen LogP contribution >= 0.6 is 0 Å². The molecule has 0 aromatic carbocycles. The molecule has 1 heterocycles. The molecule has 1 aliphatic rings. The van der Waals surface area contributed by atoms with Gasteiger partial charge in [-0.05, 0) is 0 Å². The fourth-order valence-electron chi connectivity index (χ4n) is 0.985. The van der Waals surface area contributed by atoms with Gasteiger partial charge in [0.1, 0.15) is 5.78 Å². The second-order valence-corrected chi connectivity index (χ2v) is 2.94. The van der Waals surface area contributed by atoms with E-state index in [0.29, 0.717) is 13.1 Å². The molecule has 0 aromatic rings. The largest absolute Gasteiger partial charge is 0.389 e. The van der Waals surface area contributed by atoms with E-state index in [9.17, 15) is 18.0 Å². The molecule has 1 aliphatic heterocycles. The summed E-state index contributed by atoms with van der Waals surface area (Å²) >= 11 is 0. The van der Waals surface area contributed by atoms with Crippen LogP contribution in [0.2, 0.25) is 0 Å². The van der Waals surface area contributed by atoms with Crippen LogP contribution in [0.3, 0.4) is 0 Å². The summed E-state index contributed by atoms with van der Waals surface area (Å²) in [5.74, 6) is -0.446. The van der Waals surface area contributed by atoms with Crippen molar-refractivity contribution in [2.24, 2.45) is 5.92 Å². The van der Waals surface area contributed by atoms with Crippen LogP contribution in [0.15, 0.2) is 0 Å². The topological polar surface area (TPSA) is 29.1 Å². The number of ketones is 1. The van der Waals surface area contributed by atoms with Gasteiger partial charge in [0.25, 0.3) is 0 Å². The minimum absolute atomic E-state index is 0.174. The highest BCUT2D eigenvalue weighted by atomic mass is 19.4. The molecule has 0 bridgehead atoms. The van der Waals surface area contributed by atoms with Gasteiger partial charge in [-0.3, -0.25) is 4.79 Å². The zero-order valence-electron chi connectivity index (χ0n) is 6.45. The van der Waals surface area contributed by atoms with Crippen LogP contribution in [-0.2, 0) is 4.79 Å². The summed E-state index contributed by atoms with van der Waals surface area (Å²) in [6.07, 6.45) is -5.55. The van der Waals surface area contributed by atoms with E-state index in [4.69, 9.17) is 0 Å². The van der Waals surface area contributed by atoms with Crippen molar-refractivity contribution in [3.63, 3.8) is 0 Å². The number of hydrogen-bond donors (Lipinski definition) is 1. The number of hydrogen-bond acceptors (Lipinski definition) is 2. The van der Waals surface area contributed by atoms with Crippen molar-refractivity contribution in [2.45, 2.75) is 19.0 Å². The van der Waals surface area contributed by atoms with E-state index in [1.54, 1.807) is 0 Å². The summed E-state index contributed by atoms with van der Waals surface area (Å²) in [7, 11) is 0. The number of nitrogens with one attached hydrogen (secondary N) is 1. The number of halogens is 3. The zero-order valence-corrected chi connectivity index (χ0v) is 6.45. The summed E-state index contributed by atoms with van der Waals surface area (Å²) in [6, 6.07) is 0. The van der Waals surface area contributed by atoms with Crippen molar-refractivity contribution < 1.29 is 18.0 Å². The Morgan fingerprint density at radius 3 is 2.33 bits per heavy atom. The first kappa shape index (κ1) is 9.51. The number of alkyl halides is 3. The zero-order chi connectivity index (χ0) is 9.19. The molecule has 12 heavy (non-hydrogen) atoms. The second kappa shape index (κ2) is 3.43. The van der Waals surface area contributed by atoms with Gasteiger partial charge in [0, 0.05) is 25.4 Å². The van der Waals surface area contributed by atoms with E-state index in [0.717, 1.165) is 0 Å². The Balaban J connectivity index is 2.18. The van der Waals surface area contributed by atoms with E-state index in [1.807, 2.05) is 0 Å². The third-order valence-electron chi connectivity index (χ3n) is 1.89. The van der Waals surface area contributed by atoms with Gasteiger partial charge >= 0.3 is 6.18 Å². The lowest BCUT2D eigenvalue weighted by Crippen LogP contribution is -2.46. The smallest absolute Gasteiger partial charge is 0.315 e. The Morgan fingerprint density at radius 2 is 2.00 bits per heavy atom. The quantitative estimate of drug-likeness (QED) is 0.706. The van der Waals surface area contributed by atoms with Crippen LogP contribution in [0.5, 0.6) is 0 Å². The van der Waals surface area contributed by atoms with E-state index >= 15 is 0 Å². The first-order chi connectivity index (χ1) is 5.49. The summed E-state index contributed by atoms with van der Waals surface area (Å²) in [4.78, 5) is 10.9. The van der Waals surface area contributed by atoms with Crippen LogP contribution in [0, 0.1) is 5.92 Å². The van der Waals surface area contributed by atoms with Crippen LogP contribution < -0.4 is 5.32 Å². The molecule has 0 aliphatic carbocycles. The molecule has 1 rings (SSSR count). The Hall–Kier alpha value is -0.580. The first-order valence-electron chi connectivity index (χ1n) is 3.79. The lowest BCUT2D eigenvalue weighted by atomic mass is 9.95. The minimum Gasteiger partial charge on any atom is -0.315 e. The normalized spacial score (nSPS) is 18.9. The van der Waals surface area contributed by atoms with Gasteiger partial charge in [-0.1, -0.05) is 0 Å². The lowest BCUT2D eigenvalue weighted by Gasteiger charge is -2.25. The van der Waals surface area contributed by atoms with Crippen molar-refractivity contribution in [3.8, 4) is 0 Å². The lowest BCUT2D eigenvalue weighted by molar-refractivity contribution is -0.145. The second-order valence-electron chi connectivity index (χ2n) is 2.94. The van der Waals surface area contributed by atoms with Crippen molar-refractivity contribution in [2.75, 3.05) is 13.1 Å². The molecule has 0 aromatic heterocycles. The Kier molecular flexibility index (Phi) is 2.72. The van der Waals surface area contributed by atoms with Crippen LogP contribution in [0.4, 0.5) is 13.2 Å². The van der Waals surface area contributed by atoms with E-state index < -0.39 is 12.6 Å². The molecule has 0 amide bonds. The number of Topliss-reactive ketones (excluding diaryl/α,β-unsaturated/α-hetero) is 1. The first-order valence-corrected chi connectivity index (χ1v) is 3.79. The Bertz CT molecular complexity index is 174. The molecule has 0 radical (unpaired) electrons. The third kappa shape index (κ3) is 2.81. The standard InChI is InChI=1S/C7H10F3NO/c8-7(9,10)2-1-6(12)5-3-11-4-5/h5,11H,1-4H2. The van der Waals surface area contributed by atoms with Crippen molar-refractivity contribution >= 4 is 5.78 Å². The molecule has 70 valence electrons. The summed E-state index contributed by atoms with van der Waals surface area (Å²) in [6.45, 7) is 1.08. The highest BCUT2D eigenvalue weighted by Crippen LogP contribution is 2.22. The molecule has 0 unspecified atom stereocenters. The molecule has 0 atom stereocenters. The van der Waals surface area contributed by atoms with Crippen molar-refractivity contribution in [1.82, 2.24) is 5.32 Å². The predicted octanol–water partition coefficient (Wildman–Crippen LogP) is 1.12. The van der Waals surface area contributed by atoms with Gasteiger partial charge in [-0.2, -0.15) is 13.2 Å². The molecule has 1 fully saturated rings. The minimum atomic E-state index is -4.20. The molecule has 5 heteroatoms. The predicted molar refractivity (Wildman–Crippen MR) is 36.7 cm³/mol. The summed E-state index contributed by atoms with van der Waals surface area (Å²) in [5, 5.41) is 2.84. The molecular formula is C7H10F3NO. The molecule has 1 N–H and O–H groups in total. The van der Waals surface area contributed by atoms with E-state index in [-0.39, 0.29) is 18.1 Å². The molecule has 2 nitrogen and oxygen atoms in total. The van der Waals surface area contributed by atoms with Gasteiger partial charge in [0.2, 0.25) is 0 Å². The Morgan fingerprint density at radius 1 is 1.42 bits per heavy atom. The average molecular weight is 181 g/mol. The van der Waals surface area contributed by atoms with E-state index in [1.165, 1.54) is 0 Å². The summed E-state index contributed by atoms with van der Waals surface area (Å²) < 4.78 is 34.9. The third-order valence-corrected chi connectivity index (χ3v) is 1.89. The van der Waals surface area contributed by atoms with Gasteiger partial charge in [-0.15, -0.1) is 0 Å². The Labute approximate surface area is 68.1 Å². The van der Waals surface area contributed by atoms with Crippen LogP contribution in [0.25, 0.3) is 0 Å². The molecule has 0 spiro atoms. The molecule has 1 saturated heterocycles. The summed E-state index contributed by atoms with van der Waals surface area (Å²) in [5.41, 5.74) is 0. The fraction of sp³-hybridized carbons (Fsp3) is 0.857. The maximum absolute atomic E-state index is 11.6. The highest BCUT2D eigenvalue weighted by molar-refractivity contribution is 5.82. The van der Waals surface area contributed by atoms with Gasteiger partial charge in [0.05, 0.1) is 6.42 Å². The monoisotopic (exact) mass is 181 g/mol. The van der Waals surface area contributed by atoms with Gasteiger partial charge < -0.3 is 5.32 Å². The van der Waals surface area contributed by atoms with Gasteiger partial charge in [-0.25, -0.2) is 0 Å². The van der Waals surface area contributed by atoms with Crippen molar-refractivity contribution in [3.05, 3.63) is 0 Å². The molecule has 0 saturated carbocycles. The maximum atomic E-state index is 11.6. The number of carbonyl (C=O) groups excluding carboxylic acids is 1. The molecular weight excluding hydrogens is 171 g/mol. The van der Waals surface area contributed by atoms with Crippen LogP contribution in [-0.4, -0.2) is 25.0 Å². The number of rotatable bonds is 3. The average Bonchev–Trinajstić information content (AvgIpc) is 1.78.